The van der Waals surface area contributed by atoms with Gasteiger partial charge in [-0.2, -0.15) is 0 Å². The van der Waals surface area contributed by atoms with Crippen molar-refractivity contribution in [1.29, 1.82) is 0 Å². The molecule has 1 N–H and O–H groups in total. The Hall–Kier alpha value is -2.72. The number of nitrogens with one attached hydrogen (secondary N) is 1. The number of carbonyl (C=O) groups excluding carboxylic acids is 2. The van der Waals surface area contributed by atoms with Gasteiger partial charge in [0.1, 0.15) is 0 Å². The van der Waals surface area contributed by atoms with Gasteiger partial charge in [0.25, 0.3) is 5.91 Å². The van der Waals surface area contributed by atoms with Crippen molar-refractivity contribution in [3.05, 3.63) is 106 Å². The number of hydrogen-bond acceptors (Lipinski definition) is 2. The van der Waals surface area contributed by atoms with Crippen LogP contribution >= 0.6 is 15.9 Å². The molecule has 3 rings (SSSR count). The lowest BCUT2D eigenvalue weighted by Gasteiger charge is -2.16. The zero-order valence-electron chi connectivity index (χ0n) is 14.3. The Morgan fingerprint density at radius 3 is 2.04 bits per heavy atom. The van der Waals surface area contributed by atoms with E-state index in [1.165, 1.54) is 0 Å². The van der Waals surface area contributed by atoms with Crippen LogP contribution in [0.2, 0.25) is 0 Å². The lowest BCUT2D eigenvalue weighted by atomic mass is 9.97. The molecule has 3 nitrogen and oxygen atoms in total. The minimum atomic E-state index is -0.262. The van der Waals surface area contributed by atoms with Crippen LogP contribution in [0, 0.1) is 0 Å². The van der Waals surface area contributed by atoms with Gasteiger partial charge in [0.05, 0.1) is 11.6 Å². The molecule has 0 aromatic heterocycles. The summed E-state index contributed by atoms with van der Waals surface area (Å²) in [7, 11) is 0. The van der Waals surface area contributed by atoms with Crippen LogP contribution in [0.4, 0.5) is 0 Å². The fourth-order valence-electron chi connectivity index (χ4n) is 2.74. The van der Waals surface area contributed by atoms with Gasteiger partial charge in [-0.25, -0.2) is 0 Å². The van der Waals surface area contributed by atoms with Crippen LogP contribution in [0.25, 0.3) is 0 Å². The van der Waals surface area contributed by atoms with Gasteiger partial charge in [-0.05, 0) is 42.8 Å². The Labute approximate surface area is 161 Å². The number of carbonyl (C=O) groups is 2. The monoisotopic (exact) mass is 407 g/mol. The van der Waals surface area contributed by atoms with Crippen molar-refractivity contribution in [2.24, 2.45) is 0 Å². The maximum Gasteiger partial charge on any atom is 0.252 e. The Kier molecular flexibility index (Phi) is 5.64. The summed E-state index contributed by atoms with van der Waals surface area (Å²) in [5.41, 5.74) is 2.33. The molecule has 1 atom stereocenters. The van der Waals surface area contributed by atoms with Gasteiger partial charge in [-0.15, -0.1) is 0 Å². The maximum atomic E-state index is 12.8. The molecule has 0 radical (unpaired) electrons. The predicted molar refractivity (Wildman–Crippen MR) is 106 cm³/mol. The zero-order chi connectivity index (χ0) is 18.5. The summed E-state index contributed by atoms with van der Waals surface area (Å²) in [4.78, 5) is 25.6. The quantitative estimate of drug-likeness (QED) is 0.592. The van der Waals surface area contributed by atoms with E-state index in [0.717, 1.165) is 10.0 Å². The minimum Gasteiger partial charge on any atom is -0.345 e. The first kappa shape index (κ1) is 18.1. The molecule has 0 heterocycles. The molecular weight excluding hydrogens is 390 g/mol. The average molecular weight is 408 g/mol. The average Bonchev–Trinajstić information content (AvgIpc) is 2.68. The number of hydrogen-bond donors (Lipinski definition) is 1. The fourth-order valence-corrected chi connectivity index (χ4v) is 3.00. The first-order chi connectivity index (χ1) is 12.6. The van der Waals surface area contributed by atoms with E-state index in [-0.39, 0.29) is 17.7 Å². The van der Waals surface area contributed by atoms with Crippen molar-refractivity contribution >= 4 is 27.6 Å². The molecule has 0 saturated heterocycles. The van der Waals surface area contributed by atoms with Gasteiger partial charge in [0.15, 0.2) is 5.78 Å². The van der Waals surface area contributed by atoms with Crippen LogP contribution in [0.5, 0.6) is 0 Å². The van der Waals surface area contributed by atoms with Crippen LogP contribution in [0.15, 0.2) is 83.3 Å². The first-order valence-electron chi connectivity index (χ1n) is 8.31. The van der Waals surface area contributed by atoms with Crippen molar-refractivity contribution in [2.75, 3.05) is 0 Å². The van der Waals surface area contributed by atoms with Crippen molar-refractivity contribution in [3.8, 4) is 0 Å². The summed E-state index contributed by atoms with van der Waals surface area (Å²) in [5, 5.41) is 2.97. The predicted octanol–water partition coefficient (Wildman–Crippen LogP) is 5.17. The molecule has 1 amide bonds. The fraction of sp³-hybridized carbons (Fsp3) is 0.0909. The van der Waals surface area contributed by atoms with E-state index in [2.05, 4.69) is 21.2 Å². The van der Waals surface area contributed by atoms with Gasteiger partial charge >= 0.3 is 0 Å². The molecule has 26 heavy (non-hydrogen) atoms. The largest absolute Gasteiger partial charge is 0.345 e. The highest BCUT2D eigenvalue weighted by molar-refractivity contribution is 9.10. The van der Waals surface area contributed by atoms with E-state index in [4.69, 9.17) is 0 Å². The van der Waals surface area contributed by atoms with E-state index < -0.39 is 0 Å². The number of rotatable bonds is 5. The second kappa shape index (κ2) is 8.11. The van der Waals surface area contributed by atoms with Gasteiger partial charge in [-0.1, -0.05) is 64.5 Å². The highest BCUT2D eigenvalue weighted by Gasteiger charge is 2.19. The van der Waals surface area contributed by atoms with Crippen LogP contribution in [-0.4, -0.2) is 11.7 Å². The molecule has 0 aliphatic carbocycles. The topological polar surface area (TPSA) is 46.2 Å². The Morgan fingerprint density at radius 1 is 0.808 bits per heavy atom. The molecule has 0 spiro atoms. The van der Waals surface area contributed by atoms with E-state index in [1.54, 1.807) is 36.4 Å². The molecular formula is C22H18BrNO2. The van der Waals surface area contributed by atoms with Crippen LogP contribution in [0.1, 0.15) is 44.8 Å². The summed E-state index contributed by atoms with van der Waals surface area (Å²) < 4.78 is 0.900. The number of halogens is 1. The zero-order valence-corrected chi connectivity index (χ0v) is 15.9. The third kappa shape index (κ3) is 4.09. The minimum absolute atomic E-state index is 0.153. The van der Waals surface area contributed by atoms with Gasteiger partial charge < -0.3 is 5.32 Å². The first-order valence-corrected chi connectivity index (χ1v) is 9.10. The normalized spacial score (nSPS) is 11.6. The van der Waals surface area contributed by atoms with Crippen molar-refractivity contribution in [3.63, 3.8) is 0 Å². The molecule has 3 aromatic carbocycles. The highest BCUT2D eigenvalue weighted by Crippen LogP contribution is 2.19. The summed E-state index contributed by atoms with van der Waals surface area (Å²) in [6.45, 7) is 1.92. The molecule has 0 aliphatic rings. The SMILES string of the molecule is C[C@H](NC(=O)c1ccccc1C(=O)c1ccc(Br)cc1)c1ccccc1. The van der Waals surface area contributed by atoms with E-state index in [9.17, 15) is 9.59 Å². The molecule has 0 bridgehead atoms. The molecule has 0 saturated carbocycles. The van der Waals surface area contributed by atoms with Gasteiger partial charge in [0.2, 0.25) is 0 Å². The van der Waals surface area contributed by atoms with Crippen molar-refractivity contribution < 1.29 is 9.59 Å². The Bertz CT molecular complexity index is 920. The third-order valence-corrected chi connectivity index (χ3v) is 4.70. The van der Waals surface area contributed by atoms with E-state index >= 15 is 0 Å². The van der Waals surface area contributed by atoms with Crippen molar-refractivity contribution in [1.82, 2.24) is 5.32 Å². The van der Waals surface area contributed by atoms with Gasteiger partial charge in [-0.3, -0.25) is 9.59 Å². The second-order valence-corrected chi connectivity index (χ2v) is 6.90. The van der Waals surface area contributed by atoms with Crippen LogP contribution in [0.3, 0.4) is 0 Å². The standard InChI is InChI=1S/C22H18BrNO2/c1-15(16-7-3-2-4-8-16)24-22(26)20-10-6-5-9-19(20)21(25)17-11-13-18(23)14-12-17/h2-15H,1H3,(H,24,26)/t15-/m0/s1. The summed E-state index contributed by atoms with van der Waals surface area (Å²) in [6, 6.07) is 23.6. The van der Waals surface area contributed by atoms with Crippen molar-refractivity contribution in [2.45, 2.75) is 13.0 Å². The number of ketones is 1. The molecule has 0 aliphatic heterocycles. The Balaban J connectivity index is 1.85. The second-order valence-electron chi connectivity index (χ2n) is 5.99. The number of amides is 1. The third-order valence-electron chi connectivity index (χ3n) is 4.17. The summed E-state index contributed by atoms with van der Waals surface area (Å²) in [5.74, 6) is -0.432. The lowest BCUT2D eigenvalue weighted by Crippen LogP contribution is -2.28. The molecule has 0 fully saturated rings. The van der Waals surface area contributed by atoms with Crippen LogP contribution in [-0.2, 0) is 0 Å². The lowest BCUT2D eigenvalue weighted by molar-refractivity contribution is 0.0929. The van der Waals surface area contributed by atoms with E-state index in [1.807, 2.05) is 49.4 Å². The molecule has 0 unspecified atom stereocenters. The highest BCUT2D eigenvalue weighted by atomic mass is 79.9. The van der Waals surface area contributed by atoms with Crippen LogP contribution < -0.4 is 5.32 Å². The van der Waals surface area contributed by atoms with Gasteiger partial charge in [0, 0.05) is 15.6 Å². The number of benzene rings is 3. The summed E-state index contributed by atoms with van der Waals surface area (Å²) in [6.07, 6.45) is 0. The molecule has 130 valence electrons. The summed E-state index contributed by atoms with van der Waals surface area (Å²) >= 11 is 3.36. The molecule has 3 aromatic rings. The smallest absolute Gasteiger partial charge is 0.252 e. The molecule has 4 heteroatoms. The Morgan fingerprint density at radius 2 is 1.38 bits per heavy atom. The maximum absolute atomic E-state index is 12.8. The van der Waals surface area contributed by atoms with E-state index in [0.29, 0.717) is 16.7 Å².